The fraction of sp³-hybridized carbons (Fsp3) is 1.00. The van der Waals surface area contributed by atoms with Gasteiger partial charge in [0.2, 0.25) is 0 Å². The number of hydrogen-bond donors (Lipinski definition) is 0. The molecule has 4 aliphatic heterocycles. The highest BCUT2D eigenvalue weighted by Crippen LogP contribution is 2.05. The van der Waals surface area contributed by atoms with Crippen molar-refractivity contribution in [3.8, 4) is 0 Å². The summed E-state index contributed by atoms with van der Waals surface area (Å²) in [5.74, 6) is 0. The zero-order valence-corrected chi connectivity index (χ0v) is 35.1. The molecular formula is C39H87N11. The molecule has 0 spiro atoms. The lowest BCUT2D eigenvalue weighted by atomic mass is 10.2. The van der Waals surface area contributed by atoms with Gasteiger partial charge in [-0.3, -0.25) is 0 Å². The van der Waals surface area contributed by atoms with Crippen molar-refractivity contribution in [3.63, 3.8) is 0 Å². The molecule has 4 saturated heterocycles. The molecule has 0 aromatic heterocycles. The summed E-state index contributed by atoms with van der Waals surface area (Å²) in [7, 11) is 20.2. The van der Waals surface area contributed by atoms with E-state index in [1.165, 1.54) is 196 Å². The van der Waals surface area contributed by atoms with E-state index in [4.69, 9.17) is 0 Å². The van der Waals surface area contributed by atoms with Gasteiger partial charge in [-0.25, -0.2) is 0 Å². The van der Waals surface area contributed by atoms with Crippen molar-refractivity contribution < 1.29 is 0 Å². The molecule has 0 radical (unpaired) electrons. The van der Waals surface area contributed by atoms with Crippen LogP contribution in [0.25, 0.3) is 0 Å². The van der Waals surface area contributed by atoms with E-state index in [0.717, 1.165) is 0 Å². The molecule has 4 fully saturated rings. The van der Waals surface area contributed by atoms with Gasteiger partial charge < -0.3 is 53.9 Å². The van der Waals surface area contributed by atoms with Crippen LogP contribution in [0.4, 0.5) is 0 Å². The average Bonchev–Trinajstić information content (AvgIpc) is 3.11. The third-order valence-electron chi connectivity index (χ3n) is 11.3. The van der Waals surface area contributed by atoms with Crippen LogP contribution in [0, 0.1) is 0 Å². The average molecular weight is 710 g/mol. The van der Waals surface area contributed by atoms with Gasteiger partial charge in [-0.05, 0) is 180 Å². The number of rotatable bonds is 0. The highest BCUT2D eigenvalue weighted by molar-refractivity contribution is 4.72. The van der Waals surface area contributed by atoms with Gasteiger partial charge in [0.15, 0.2) is 0 Å². The quantitative estimate of drug-likeness (QED) is 0.366. The van der Waals surface area contributed by atoms with Gasteiger partial charge in [-0.15, -0.1) is 0 Å². The summed E-state index contributed by atoms with van der Waals surface area (Å²) >= 11 is 0. The van der Waals surface area contributed by atoms with Crippen LogP contribution < -0.4 is 0 Å². The molecule has 2 bridgehead atoms. The van der Waals surface area contributed by atoms with Crippen LogP contribution in [0.5, 0.6) is 0 Å². The van der Waals surface area contributed by atoms with Crippen molar-refractivity contribution in [2.45, 2.75) is 38.5 Å². The minimum Gasteiger partial charge on any atom is -0.306 e. The number of hydrogen-bond acceptors (Lipinski definition) is 11. The van der Waals surface area contributed by atoms with Crippen LogP contribution in [-0.2, 0) is 0 Å². The lowest BCUT2D eigenvalue weighted by Gasteiger charge is -2.34. The molecule has 0 aromatic carbocycles. The van der Waals surface area contributed by atoms with Gasteiger partial charge in [0.25, 0.3) is 0 Å². The van der Waals surface area contributed by atoms with Crippen molar-refractivity contribution in [3.05, 3.63) is 0 Å². The maximum atomic E-state index is 2.66. The molecule has 50 heavy (non-hydrogen) atoms. The van der Waals surface area contributed by atoms with Gasteiger partial charge in [0, 0.05) is 78.5 Å². The first-order valence-electron chi connectivity index (χ1n) is 20.6. The molecule has 4 rings (SSSR count). The minimum absolute atomic E-state index is 1.19. The van der Waals surface area contributed by atoms with Crippen LogP contribution in [0.2, 0.25) is 0 Å². The number of likely N-dealkylation sites (N-methyl/N-ethyl adjacent to an activating group) is 8. The SMILES string of the molecule is CN1CCCN(C)CCN(C)CCC1.CN1CCCN(C)CCN(C)CCCN(C)CC1.CN1CCCN2CCN(C)CCCN(CC1)CC2. The first-order chi connectivity index (χ1) is 24.0. The van der Waals surface area contributed by atoms with E-state index in [9.17, 15) is 0 Å². The second-order valence-corrected chi connectivity index (χ2v) is 16.5. The molecule has 4 aliphatic rings. The van der Waals surface area contributed by atoms with E-state index in [1.807, 2.05) is 0 Å². The summed E-state index contributed by atoms with van der Waals surface area (Å²) in [4.78, 5) is 27.5. The highest BCUT2D eigenvalue weighted by Gasteiger charge is 2.16. The summed E-state index contributed by atoms with van der Waals surface area (Å²) < 4.78 is 0. The topological polar surface area (TPSA) is 35.6 Å². The lowest BCUT2D eigenvalue weighted by molar-refractivity contribution is 0.135. The standard InChI is InChI=1S/C14H30N4.C14H32N4.C11H25N3/c1-15-5-3-7-18-12-10-16(2)6-4-8-17(11-9-15)13-14-18;1-15-7-5-8-17(3)13-14-18(4)10-6-9-16(2)12-11-15;1-12-6-4-8-13(2)10-11-14(3)9-5-7-12/h3-14H2,1-2H3;5-14H2,1-4H3;4-11H2,1-3H3. The fourth-order valence-electron chi connectivity index (χ4n) is 7.18. The van der Waals surface area contributed by atoms with Gasteiger partial charge in [-0.1, -0.05) is 0 Å². The Labute approximate surface area is 312 Å². The van der Waals surface area contributed by atoms with Gasteiger partial charge in [0.05, 0.1) is 0 Å². The lowest BCUT2D eigenvalue weighted by Crippen LogP contribution is -2.45. The molecule has 2 atom stereocenters. The third kappa shape index (κ3) is 24.0. The van der Waals surface area contributed by atoms with Crippen molar-refractivity contribution in [1.29, 1.82) is 0 Å². The second-order valence-electron chi connectivity index (χ2n) is 16.5. The summed E-state index contributed by atoms with van der Waals surface area (Å²) in [6, 6.07) is 0. The molecule has 0 aliphatic carbocycles. The molecule has 0 aromatic rings. The van der Waals surface area contributed by atoms with Gasteiger partial charge in [0.1, 0.15) is 0 Å². The van der Waals surface area contributed by atoms with E-state index in [2.05, 4.69) is 117 Å². The largest absolute Gasteiger partial charge is 0.306 e. The van der Waals surface area contributed by atoms with Gasteiger partial charge >= 0.3 is 0 Å². The first kappa shape index (κ1) is 45.7. The summed E-state index contributed by atoms with van der Waals surface area (Å²) in [6.07, 6.45) is 7.80. The first-order valence-corrected chi connectivity index (χ1v) is 20.6. The Morgan fingerprint density at radius 3 is 0.520 bits per heavy atom. The zero-order chi connectivity index (χ0) is 36.6. The molecular weight excluding hydrogens is 623 g/mol. The molecule has 11 heteroatoms. The molecule has 298 valence electrons. The maximum absolute atomic E-state index is 2.66. The third-order valence-corrected chi connectivity index (χ3v) is 11.3. The van der Waals surface area contributed by atoms with Crippen LogP contribution in [0.1, 0.15) is 38.5 Å². The zero-order valence-electron chi connectivity index (χ0n) is 35.1. The van der Waals surface area contributed by atoms with Gasteiger partial charge in [-0.2, -0.15) is 0 Å². The number of fused-ring (bicyclic) bond motifs is 3. The normalized spacial score (nSPS) is 29.0. The Bertz CT molecular complexity index is 704. The molecule has 4 heterocycles. The molecule has 11 nitrogen and oxygen atoms in total. The van der Waals surface area contributed by atoms with Crippen LogP contribution in [0.15, 0.2) is 0 Å². The molecule has 0 N–H and O–H groups in total. The maximum Gasteiger partial charge on any atom is 0.0110 e. The smallest absolute Gasteiger partial charge is 0.0110 e. The minimum atomic E-state index is 1.19. The summed E-state index contributed by atoms with van der Waals surface area (Å²) in [5, 5.41) is 0. The molecule has 0 amide bonds. The Hall–Kier alpha value is -0.440. The van der Waals surface area contributed by atoms with E-state index in [0.29, 0.717) is 0 Å². The van der Waals surface area contributed by atoms with Crippen LogP contribution >= 0.6 is 0 Å². The van der Waals surface area contributed by atoms with Crippen molar-refractivity contribution in [1.82, 2.24) is 53.9 Å². The van der Waals surface area contributed by atoms with Crippen LogP contribution in [0.3, 0.4) is 0 Å². The second kappa shape index (κ2) is 28.1. The summed E-state index contributed by atoms with van der Waals surface area (Å²) in [5.41, 5.74) is 0. The van der Waals surface area contributed by atoms with Crippen molar-refractivity contribution in [2.24, 2.45) is 0 Å². The Balaban J connectivity index is 0.000000263. The van der Waals surface area contributed by atoms with E-state index >= 15 is 0 Å². The van der Waals surface area contributed by atoms with Crippen molar-refractivity contribution in [2.75, 3.05) is 221 Å². The molecule has 0 saturated carbocycles. The van der Waals surface area contributed by atoms with E-state index in [1.54, 1.807) is 0 Å². The highest BCUT2D eigenvalue weighted by atomic mass is 15.3. The molecule has 2 unspecified atom stereocenters. The predicted octanol–water partition coefficient (Wildman–Crippen LogP) is 1.34. The Kier molecular flexibility index (Phi) is 25.7. The van der Waals surface area contributed by atoms with E-state index < -0.39 is 0 Å². The van der Waals surface area contributed by atoms with Crippen LogP contribution in [-0.4, -0.2) is 274 Å². The van der Waals surface area contributed by atoms with Crippen molar-refractivity contribution >= 4 is 0 Å². The Morgan fingerprint density at radius 2 is 0.300 bits per heavy atom. The summed E-state index contributed by atoms with van der Waals surface area (Å²) in [6.45, 7) is 29.5. The Morgan fingerprint density at radius 1 is 0.160 bits per heavy atom. The number of nitrogens with zero attached hydrogens (tertiary/aromatic N) is 11. The van der Waals surface area contributed by atoms with E-state index in [-0.39, 0.29) is 0 Å². The predicted molar refractivity (Wildman–Crippen MR) is 218 cm³/mol. The monoisotopic (exact) mass is 710 g/mol. The fourth-order valence-corrected chi connectivity index (χ4v) is 7.18.